The summed E-state index contributed by atoms with van der Waals surface area (Å²) in [6.45, 7) is 0.824. The van der Waals surface area contributed by atoms with Gasteiger partial charge in [0, 0.05) is 30.1 Å². The van der Waals surface area contributed by atoms with Gasteiger partial charge in [0.1, 0.15) is 11.5 Å². The Balaban J connectivity index is 0.00000208. The topological polar surface area (TPSA) is 64.8 Å². The number of nitrogens with two attached hydrogens (primary N) is 1. The van der Waals surface area contributed by atoms with Crippen molar-refractivity contribution in [1.82, 2.24) is 4.90 Å². The maximum Gasteiger partial charge on any atom is 0.226 e. The average Bonchev–Trinajstić information content (AvgIpc) is 3.22. The van der Waals surface area contributed by atoms with Gasteiger partial charge < -0.3 is 20.1 Å². The molecule has 1 saturated carbocycles. The number of ether oxygens (including phenoxy) is 2. The molecule has 0 bridgehead atoms. The van der Waals surface area contributed by atoms with Crippen LogP contribution in [0.25, 0.3) is 0 Å². The van der Waals surface area contributed by atoms with Crippen LogP contribution in [0.2, 0.25) is 0 Å². The van der Waals surface area contributed by atoms with Crippen molar-refractivity contribution in [3.8, 4) is 11.5 Å². The first-order valence-electron chi connectivity index (χ1n) is 8.42. The standard InChI is InChI=1S/C18H26N2O3.ClH/c1-22-14-7-8-15(17(11-14)23-2)16-4-3-9-20(16)18(21)12-5-6-13(19)10-12;/h7-8,11-13,16H,3-6,9-10,19H2,1-2H3;1H. The highest BCUT2D eigenvalue weighted by molar-refractivity contribution is 5.85. The molecule has 24 heavy (non-hydrogen) atoms. The van der Waals surface area contributed by atoms with Gasteiger partial charge in [-0.15, -0.1) is 12.4 Å². The summed E-state index contributed by atoms with van der Waals surface area (Å²) in [6, 6.07) is 6.13. The van der Waals surface area contributed by atoms with E-state index in [1.54, 1.807) is 14.2 Å². The molecule has 1 amide bonds. The van der Waals surface area contributed by atoms with Crippen LogP contribution < -0.4 is 15.2 Å². The second-order valence-corrected chi connectivity index (χ2v) is 6.57. The van der Waals surface area contributed by atoms with E-state index in [2.05, 4.69) is 0 Å². The zero-order valence-corrected chi connectivity index (χ0v) is 15.2. The summed E-state index contributed by atoms with van der Waals surface area (Å²) in [5.41, 5.74) is 7.05. The summed E-state index contributed by atoms with van der Waals surface area (Å²) in [6.07, 6.45) is 4.71. The molecule has 1 aliphatic carbocycles. The number of hydrogen-bond acceptors (Lipinski definition) is 4. The number of hydrogen-bond donors (Lipinski definition) is 1. The molecule has 1 aromatic rings. The van der Waals surface area contributed by atoms with E-state index in [4.69, 9.17) is 15.2 Å². The fourth-order valence-corrected chi connectivity index (χ4v) is 3.92. The predicted octanol–water partition coefficient (Wildman–Crippen LogP) is 2.92. The van der Waals surface area contributed by atoms with Crippen molar-refractivity contribution in [2.45, 2.75) is 44.2 Å². The third-order valence-electron chi connectivity index (χ3n) is 5.16. The van der Waals surface area contributed by atoms with Gasteiger partial charge in [-0.05, 0) is 44.2 Å². The average molecular weight is 355 g/mol. The number of halogens is 1. The van der Waals surface area contributed by atoms with E-state index in [0.29, 0.717) is 0 Å². The Morgan fingerprint density at radius 3 is 2.62 bits per heavy atom. The van der Waals surface area contributed by atoms with Gasteiger partial charge in [-0.3, -0.25) is 4.79 Å². The predicted molar refractivity (Wildman–Crippen MR) is 95.8 cm³/mol. The smallest absolute Gasteiger partial charge is 0.226 e. The van der Waals surface area contributed by atoms with E-state index in [1.165, 1.54) is 0 Å². The molecule has 1 heterocycles. The van der Waals surface area contributed by atoms with Crippen molar-refractivity contribution in [2.24, 2.45) is 11.7 Å². The lowest BCUT2D eigenvalue weighted by molar-refractivity contribution is -0.136. The van der Waals surface area contributed by atoms with Gasteiger partial charge in [0.2, 0.25) is 5.91 Å². The zero-order chi connectivity index (χ0) is 16.4. The van der Waals surface area contributed by atoms with Crippen LogP contribution in [-0.4, -0.2) is 37.6 Å². The molecular weight excluding hydrogens is 328 g/mol. The molecule has 1 aromatic carbocycles. The number of benzene rings is 1. The quantitative estimate of drug-likeness (QED) is 0.902. The largest absolute Gasteiger partial charge is 0.497 e. The minimum absolute atomic E-state index is 0. The molecule has 0 aromatic heterocycles. The summed E-state index contributed by atoms with van der Waals surface area (Å²) in [4.78, 5) is 14.9. The van der Waals surface area contributed by atoms with Crippen LogP contribution >= 0.6 is 12.4 Å². The second kappa shape index (κ2) is 8.08. The third kappa shape index (κ3) is 3.62. The lowest BCUT2D eigenvalue weighted by Crippen LogP contribution is -2.35. The first-order chi connectivity index (χ1) is 11.1. The van der Waals surface area contributed by atoms with Gasteiger partial charge in [0.25, 0.3) is 0 Å². The molecule has 2 N–H and O–H groups in total. The Bertz CT molecular complexity index is 581. The van der Waals surface area contributed by atoms with Gasteiger partial charge in [0.05, 0.1) is 20.3 Å². The Labute approximate surface area is 149 Å². The molecule has 3 atom stereocenters. The van der Waals surface area contributed by atoms with E-state index >= 15 is 0 Å². The molecule has 2 fully saturated rings. The molecule has 1 saturated heterocycles. The zero-order valence-electron chi connectivity index (χ0n) is 14.4. The van der Waals surface area contributed by atoms with E-state index in [9.17, 15) is 4.79 Å². The Kier molecular flexibility index (Phi) is 6.35. The van der Waals surface area contributed by atoms with Gasteiger partial charge in [-0.2, -0.15) is 0 Å². The summed E-state index contributed by atoms with van der Waals surface area (Å²) in [7, 11) is 3.30. The SMILES string of the molecule is COc1ccc(C2CCCN2C(=O)C2CCC(N)C2)c(OC)c1.Cl. The fourth-order valence-electron chi connectivity index (χ4n) is 3.92. The molecular formula is C18H27ClN2O3. The van der Waals surface area contributed by atoms with Crippen LogP contribution in [0.3, 0.4) is 0 Å². The van der Waals surface area contributed by atoms with Crippen molar-refractivity contribution in [2.75, 3.05) is 20.8 Å². The summed E-state index contributed by atoms with van der Waals surface area (Å²) < 4.78 is 10.8. The minimum atomic E-state index is 0. The second-order valence-electron chi connectivity index (χ2n) is 6.57. The van der Waals surface area contributed by atoms with E-state index < -0.39 is 0 Å². The number of rotatable bonds is 4. The molecule has 0 radical (unpaired) electrons. The highest BCUT2D eigenvalue weighted by Crippen LogP contribution is 2.40. The number of carbonyl (C=O) groups excluding carboxylic acids is 1. The Morgan fingerprint density at radius 2 is 2.00 bits per heavy atom. The lowest BCUT2D eigenvalue weighted by Gasteiger charge is -2.29. The van der Waals surface area contributed by atoms with Gasteiger partial charge in [0.15, 0.2) is 0 Å². The molecule has 3 unspecified atom stereocenters. The summed E-state index contributed by atoms with van der Waals surface area (Å²) >= 11 is 0. The van der Waals surface area contributed by atoms with Crippen LogP contribution in [0.1, 0.15) is 43.7 Å². The van der Waals surface area contributed by atoms with E-state index in [-0.39, 0.29) is 36.3 Å². The summed E-state index contributed by atoms with van der Waals surface area (Å²) in [5, 5.41) is 0. The molecule has 3 rings (SSSR count). The minimum Gasteiger partial charge on any atom is -0.497 e. The van der Waals surface area contributed by atoms with Crippen molar-refractivity contribution < 1.29 is 14.3 Å². The van der Waals surface area contributed by atoms with Gasteiger partial charge in [-0.25, -0.2) is 0 Å². The molecule has 134 valence electrons. The number of carbonyl (C=O) groups is 1. The molecule has 6 heteroatoms. The number of amides is 1. The van der Waals surface area contributed by atoms with E-state index in [0.717, 1.165) is 55.7 Å². The van der Waals surface area contributed by atoms with Crippen LogP contribution in [-0.2, 0) is 4.79 Å². The monoisotopic (exact) mass is 354 g/mol. The van der Waals surface area contributed by atoms with Crippen molar-refractivity contribution in [1.29, 1.82) is 0 Å². The first kappa shape index (κ1) is 18.9. The highest BCUT2D eigenvalue weighted by atomic mass is 35.5. The number of methoxy groups -OCH3 is 2. The van der Waals surface area contributed by atoms with Gasteiger partial charge in [-0.1, -0.05) is 0 Å². The fraction of sp³-hybridized carbons (Fsp3) is 0.611. The highest BCUT2D eigenvalue weighted by Gasteiger charge is 2.37. The molecule has 5 nitrogen and oxygen atoms in total. The van der Waals surface area contributed by atoms with Crippen LogP contribution in [0.4, 0.5) is 0 Å². The lowest BCUT2D eigenvalue weighted by atomic mass is 10.0. The van der Waals surface area contributed by atoms with Crippen molar-refractivity contribution in [3.05, 3.63) is 23.8 Å². The molecule has 1 aliphatic heterocycles. The number of likely N-dealkylation sites (tertiary alicyclic amines) is 1. The Hall–Kier alpha value is -1.46. The normalized spacial score (nSPS) is 26.1. The van der Waals surface area contributed by atoms with Crippen LogP contribution in [0.5, 0.6) is 11.5 Å². The van der Waals surface area contributed by atoms with Crippen molar-refractivity contribution in [3.63, 3.8) is 0 Å². The third-order valence-corrected chi connectivity index (χ3v) is 5.16. The Morgan fingerprint density at radius 1 is 1.21 bits per heavy atom. The first-order valence-corrected chi connectivity index (χ1v) is 8.42. The molecule has 0 spiro atoms. The molecule has 2 aliphatic rings. The summed E-state index contributed by atoms with van der Waals surface area (Å²) in [5.74, 6) is 1.91. The van der Waals surface area contributed by atoms with Crippen LogP contribution in [0, 0.1) is 5.92 Å². The maximum absolute atomic E-state index is 12.9. The van der Waals surface area contributed by atoms with Crippen LogP contribution in [0.15, 0.2) is 18.2 Å². The number of nitrogens with zero attached hydrogens (tertiary/aromatic N) is 1. The van der Waals surface area contributed by atoms with E-state index in [1.807, 2.05) is 23.1 Å². The van der Waals surface area contributed by atoms with Gasteiger partial charge >= 0.3 is 0 Å². The van der Waals surface area contributed by atoms with Crippen molar-refractivity contribution >= 4 is 18.3 Å². The maximum atomic E-state index is 12.9.